The number of benzene rings is 1. The first kappa shape index (κ1) is 11.4. The SMILES string of the molecule is N=C1NC(=O)C(=Cc2ccccc2C(=O)O)S1. The second kappa shape index (κ2) is 4.42. The quantitative estimate of drug-likeness (QED) is 0.692. The Balaban J connectivity index is 2.42. The predicted molar refractivity (Wildman–Crippen MR) is 64.8 cm³/mol. The molecule has 1 aliphatic rings. The standard InChI is InChI=1S/C11H8N2O3S/c12-11-13-9(14)8(17-11)5-6-3-1-2-4-7(6)10(15)16/h1-5H,(H,15,16)(H2,12,13,14). The predicted octanol–water partition coefficient (Wildman–Crippen LogP) is 1.52. The number of hydrogen-bond donors (Lipinski definition) is 3. The normalized spacial score (nSPS) is 17.3. The van der Waals surface area contributed by atoms with Crippen molar-refractivity contribution in [2.75, 3.05) is 0 Å². The number of thioether (sulfide) groups is 1. The molecule has 0 aromatic heterocycles. The first-order valence-corrected chi connectivity index (χ1v) is 5.51. The van der Waals surface area contributed by atoms with Gasteiger partial charge in [-0.05, 0) is 29.5 Å². The third-order valence-electron chi connectivity index (χ3n) is 2.14. The van der Waals surface area contributed by atoms with E-state index in [4.69, 9.17) is 10.5 Å². The van der Waals surface area contributed by atoms with E-state index in [-0.39, 0.29) is 16.6 Å². The summed E-state index contributed by atoms with van der Waals surface area (Å²) in [7, 11) is 0. The van der Waals surface area contributed by atoms with Crippen LogP contribution in [0.1, 0.15) is 15.9 Å². The van der Waals surface area contributed by atoms with E-state index in [1.165, 1.54) is 12.1 Å². The van der Waals surface area contributed by atoms with Crippen LogP contribution >= 0.6 is 11.8 Å². The molecule has 1 fully saturated rings. The maximum atomic E-state index is 11.4. The van der Waals surface area contributed by atoms with E-state index in [0.717, 1.165) is 11.8 Å². The molecule has 17 heavy (non-hydrogen) atoms. The number of carbonyl (C=O) groups is 2. The third-order valence-corrected chi connectivity index (χ3v) is 2.97. The second-order valence-corrected chi connectivity index (χ2v) is 4.34. The summed E-state index contributed by atoms with van der Waals surface area (Å²) in [6.07, 6.45) is 1.48. The summed E-state index contributed by atoms with van der Waals surface area (Å²) in [5, 5.41) is 18.6. The molecule has 0 spiro atoms. The highest BCUT2D eigenvalue weighted by molar-refractivity contribution is 8.18. The van der Waals surface area contributed by atoms with Crippen LogP contribution in [0.5, 0.6) is 0 Å². The van der Waals surface area contributed by atoms with Crippen molar-refractivity contribution >= 4 is 34.9 Å². The maximum Gasteiger partial charge on any atom is 0.336 e. The van der Waals surface area contributed by atoms with Crippen LogP contribution in [-0.4, -0.2) is 22.2 Å². The van der Waals surface area contributed by atoms with Gasteiger partial charge in [0.15, 0.2) is 5.17 Å². The smallest absolute Gasteiger partial charge is 0.336 e. The van der Waals surface area contributed by atoms with E-state index in [2.05, 4.69) is 5.32 Å². The molecule has 1 amide bonds. The number of carboxylic acids is 1. The highest BCUT2D eigenvalue weighted by Gasteiger charge is 2.22. The van der Waals surface area contributed by atoms with E-state index < -0.39 is 5.97 Å². The van der Waals surface area contributed by atoms with Gasteiger partial charge < -0.3 is 10.4 Å². The molecule has 0 atom stereocenters. The lowest BCUT2D eigenvalue weighted by molar-refractivity contribution is -0.115. The minimum absolute atomic E-state index is 0.0501. The topological polar surface area (TPSA) is 90.3 Å². The van der Waals surface area contributed by atoms with Crippen molar-refractivity contribution in [3.8, 4) is 0 Å². The zero-order valence-electron chi connectivity index (χ0n) is 8.56. The van der Waals surface area contributed by atoms with Gasteiger partial charge in [0.25, 0.3) is 5.91 Å². The molecule has 5 nitrogen and oxygen atoms in total. The van der Waals surface area contributed by atoms with Crippen molar-refractivity contribution in [1.29, 1.82) is 5.41 Å². The van der Waals surface area contributed by atoms with Crippen LogP contribution in [0.4, 0.5) is 0 Å². The molecule has 0 unspecified atom stereocenters. The summed E-state index contributed by atoms with van der Waals surface area (Å²) in [4.78, 5) is 22.7. The summed E-state index contributed by atoms with van der Waals surface area (Å²) < 4.78 is 0. The molecule has 0 aliphatic carbocycles. The zero-order chi connectivity index (χ0) is 12.4. The molecule has 0 saturated carbocycles. The minimum Gasteiger partial charge on any atom is -0.478 e. The molecule has 1 aliphatic heterocycles. The number of amides is 1. The van der Waals surface area contributed by atoms with Crippen molar-refractivity contribution in [3.05, 3.63) is 40.3 Å². The molecule has 1 heterocycles. The molecular weight excluding hydrogens is 240 g/mol. The van der Waals surface area contributed by atoms with Gasteiger partial charge in [-0.2, -0.15) is 0 Å². The van der Waals surface area contributed by atoms with Gasteiger partial charge in [-0.25, -0.2) is 4.79 Å². The second-order valence-electron chi connectivity index (χ2n) is 3.29. The van der Waals surface area contributed by atoms with Gasteiger partial charge in [-0.15, -0.1) is 0 Å². The fraction of sp³-hybridized carbons (Fsp3) is 0. The Bertz CT molecular complexity index is 551. The maximum absolute atomic E-state index is 11.4. The van der Waals surface area contributed by atoms with E-state index in [1.807, 2.05) is 0 Å². The van der Waals surface area contributed by atoms with E-state index in [9.17, 15) is 9.59 Å². The lowest BCUT2D eigenvalue weighted by Gasteiger charge is -2.00. The Morgan fingerprint density at radius 2 is 2.12 bits per heavy atom. The Morgan fingerprint density at radius 3 is 2.71 bits per heavy atom. The average Bonchev–Trinajstić information content (AvgIpc) is 2.58. The highest BCUT2D eigenvalue weighted by atomic mass is 32.2. The number of carbonyl (C=O) groups excluding carboxylic acids is 1. The van der Waals surface area contributed by atoms with Crippen LogP contribution in [0.15, 0.2) is 29.2 Å². The van der Waals surface area contributed by atoms with Gasteiger partial charge in [-0.1, -0.05) is 18.2 Å². The van der Waals surface area contributed by atoms with Gasteiger partial charge >= 0.3 is 5.97 Å². The molecule has 0 bridgehead atoms. The van der Waals surface area contributed by atoms with Crippen LogP contribution < -0.4 is 5.32 Å². The average molecular weight is 248 g/mol. The molecule has 2 rings (SSSR count). The highest BCUT2D eigenvalue weighted by Crippen LogP contribution is 2.25. The molecule has 1 saturated heterocycles. The Labute approximate surface area is 101 Å². The van der Waals surface area contributed by atoms with Gasteiger partial charge in [-0.3, -0.25) is 10.2 Å². The number of carboxylic acid groups (broad SMARTS) is 1. The summed E-state index contributed by atoms with van der Waals surface area (Å²) in [5.74, 6) is -1.42. The van der Waals surface area contributed by atoms with Crippen molar-refractivity contribution < 1.29 is 14.7 Å². The Morgan fingerprint density at radius 1 is 1.41 bits per heavy atom. The number of aromatic carboxylic acids is 1. The van der Waals surface area contributed by atoms with Crippen LogP contribution in [0.2, 0.25) is 0 Å². The summed E-state index contributed by atoms with van der Waals surface area (Å²) in [5.41, 5.74) is 0.583. The largest absolute Gasteiger partial charge is 0.478 e. The zero-order valence-corrected chi connectivity index (χ0v) is 9.38. The van der Waals surface area contributed by atoms with Crippen molar-refractivity contribution in [1.82, 2.24) is 5.32 Å². The fourth-order valence-electron chi connectivity index (χ4n) is 1.40. The van der Waals surface area contributed by atoms with Crippen LogP contribution in [0, 0.1) is 5.41 Å². The number of nitrogens with one attached hydrogen (secondary N) is 2. The molecule has 3 N–H and O–H groups in total. The van der Waals surface area contributed by atoms with Crippen LogP contribution in [0.3, 0.4) is 0 Å². The van der Waals surface area contributed by atoms with Crippen LogP contribution in [-0.2, 0) is 4.79 Å². The summed E-state index contributed by atoms with van der Waals surface area (Å²) in [6, 6.07) is 6.40. The number of amidine groups is 1. The van der Waals surface area contributed by atoms with Crippen molar-refractivity contribution in [2.24, 2.45) is 0 Å². The molecule has 86 valence electrons. The lowest BCUT2D eigenvalue weighted by Crippen LogP contribution is -2.18. The van der Waals surface area contributed by atoms with E-state index in [0.29, 0.717) is 10.5 Å². The first-order chi connectivity index (χ1) is 8.08. The van der Waals surface area contributed by atoms with E-state index in [1.54, 1.807) is 18.2 Å². The lowest BCUT2D eigenvalue weighted by atomic mass is 10.1. The van der Waals surface area contributed by atoms with Gasteiger partial charge in [0.05, 0.1) is 10.5 Å². The van der Waals surface area contributed by atoms with Crippen LogP contribution in [0.25, 0.3) is 6.08 Å². The molecule has 0 radical (unpaired) electrons. The summed E-state index contributed by atoms with van der Waals surface area (Å²) >= 11 is 0.980. The molecule has 6 heteroatoms. The fourth-order valence-corrected chi connectivity index (χ4v) is 2.09. The van der Waals surface area contributed by atoms with Gasteiger partial charge in [0, 0.05) is 0 Å². The van der Waals surface area contributed by atoms with E-state index >= 15 is 0 Å². The summed E-state index contributed by atoms with van der Waals surface area (Å²) in [6.45, 7) is 0. The van der Waals surface area contributed by atoms with Crippen molar-refractivity contribution in [3.63, 3.8) is 0 Å². The monoisotopic (exact) mass is 248 g/mol. The van der Waals surface area contributed by atoms with Gasteiger partial charge in [0.1, 0.15) is 0 Å². The Hall–Kier alpha value is -2.08. The Kier molecular flexibility index (Phi) is 2.97. The number of hydrogen-bond acceptors (Lipinski definition) is 4. The van der Waals surface area contributed by atoms with Crippen molar-refractivity contribution in [2.45, 2.75) is 0 Å². The molecule has 1 aromatic carbocycles. The number of rotatable bonds is 2. The molecule has 1 aromatic rings. The first-order valence-electron chi connectivity index (χ1n) is 4.69. The third kappa shape index (κ3) is 2.36. The van der Waals surface area contributed by atoms with Gasteiger partial charge in [0.2, 0.25) is 0 Å². The molecular formula is C11H8N2O3S. The minimum atomic E-state index is -1.05.